The van der Waals surface area contributed by atoms with E-state index in [1.165, 1.54) is 18.2 Å². The molecule has 2 aromatic heterocycles. The summed E-state index contributed by atoms with van der Waals surface area (Å²) in [6.45, 7) is 5.93. The van der Waals surface area contributed by atoms with Gasteiger partial charge in [-0.05, 0) is 75.4 Å². The number of fused-ring (bicyclic) bond motifs is 1. The number of carbonyl (C=O) groups is 2. The van der Waals surface area contributed by atoms with Gasteiger partial charge in [-0.3, -0.25) is 18.5 Å². The van der Waals surface area contributed by atoms with E-state index in [0.717, 1.165) is 9.82 Å². The van der Waals surface area contributed by atoms with Gasteiger partial charge in [0.1, 0.15) is 12.1 Å². The Morgan fingerprint density at radius 3 is 2.36 bits per heavy atom. The number of sulfonamides is 1. The van der Waals surface area contributed by atoms with E-state index >= 15 is 0 Å². The predicted molar refractivity (Wildman–Crippen MR) is 161 cm³/mol. The first kappa shape index (κ1) is 29.6. The molecular weight excluding hydrogens is 603 g/mol. The van der Waals surface area contributed by atoms with Gasteiger partial charge in [0.25, 0.3) is 10.0 Å². The number of halogens is 2. The molecule has 0 saturated carbocycles. The van der Waals surface area contributed by atoms with Gasteiger partial charge in [0.15, 0.2) is 11.6 Å². The van der Waals surface area contributed by atoms with Gasteiger partial charge >= 0.3 is 5.97 Å². The summed E-state index contributed by atoms with van der Waals surface area (Å²) >= 11 is 12.2. The molecule has 4 aromatic rings. The van der Waals surface area contributed by atoms with E-state index in [-0.39, 0.29) is 33.1 Å². The Bertz CT molecular complexity index is 1750. The maximum atomic E-state index is 13.8. The molecule has 1 aliphatic rings. The van der Waals surface area contributed by atoms with Gasteiger partial charge in [0.05, 0.1) is 22.6 Å². The molecule has 0 spiro atoms. The number of esters is 1. The largest absolute Gasteiger partial charge is 0.459 e. The zero-order chi connectivity index (χ0) is 30.2. The minimum absolute atomic E-state index is 0.0690. The summed E-state index contributed by atoms with van der Waals surface area (Å²) in [6.07, 6.45) is 1.79. The van der Waals surface area contributed by atoms with E-state index in [4.69, 9.17) is 27.9 Å². The van der Waals surface area contributed by atoms with Gasteiger partial charge in [-0.15, -0.1) is 10.2 Å². The van der Waals surface area contributed by atoms with Crippen LogP contribution in [0.15, 0.2) is 65.7 Å². The SMILES string of the molecule is CC(C)(C)OC(=O)CN(c1ccc2c(ccn2-c2ccc(N3CCNC(=O)C3)nn2)c1)S(=O)(=O)c1cc(Cl)cc(Cl)c1. The Labute approximate surface area is 253 Å². The lowest BCUT2D eigenvalue weighted by atomic mass is 10.2. The minimum Gasteiger partial charge on any atom is -0.459 e. The van der Waals surface area contributed by atoms with Crippen LogP contribution in [0.25, 0.3) is 16.7 Å². The highest BCUT2D eigenvalue weighted by Crippen LogP contribution is 2.31. The monoisotopic (exact) mass is 630 g/mol. The fourth-order valence-electron chi connectivity index (χ4n) is 4.55. The first-order valence-electron chi connectivity index (χ1n) is 13.0. The van der Waals surface area contributed by atoms with Gasteiger partial charge < -0.3 is 15.0 Å². The number of nitrogens with zero attached hydrogens (tertiary/aromatic N) is 5. The molecule has 1 fully saturated rings. The van der Waals surface area contributed by atoms with E-state index in [1.807, 2.05) is 9.47 Å². The number of nitrogens with one attached hydrogen (secondary N) is 1. The molecular formula is C28H28Cl2N6O5S. The van der Waals surface area contributed by atoms with Crippen molar-refractivity contribution in [3.05, 3.63) is 70.8 Å². The van der Waals surface area contributed by atoms with Gasteiger partial charge in [0.2, 0.25) is 5.91 Å². The smallest absolute Gasteiger partial charge is 0.327 e. The van der Waals surface area contributed by atoms with Crippen molar-refractivity contribution in [3.63, 3.8) is 0 Å². The van der Waals surface area contributed by atoms with Gasteiger partial charge in [0, 0.05) is 34.7 Å². The molecule has 3 heterocycles. The number of ether oxygens (including phenoxy) is 1. The summed E-state index contributed by atoms with van der Waals surface area (Å²) in [4.78, 5) is 26.3. The van der Waals surface area contributed by atoms with Crippen molar-refractivity contribution in [1.29, 1.82) is 0 Å². The van der Waals surface area contributed by atoms with Crippen LogP contribution in [0.5, 0.6) is 0 Å². The molecule has 0 atom stereocenters. The molecule has 14 heteroatoms. The highest BCUT2D eigenvalue weighted by atomic mass is 35.5. The van der Waals surface area contributed by atoms with Gasteiger partial charge in [-0.2, -0.15) is 0 Å². The number of benzene rings is 2. The Morgan fingerprint density at radius 1 is 1.02 bits per heavy atom. The molecule has 0 unspecified atom stereocenters. The van der Waals surface area contributed by atoms with Crippen molar-refractivity contribution in [1.82, 2.24) is 20.1 Å². The number of hydrogen-bond donors (Lipinski definition) is 1. The third-order valence-electron chi connectivity index (χ3n) is 6.32. The number of anilines is 2. The number of piperazine rings is 1. The lowest BCUT2D eigenvalue weighted by Gasteiger charge is -2.27. The Kier molecular flexibility index (Phi) is 8.06. The maximum Gasteiger partial charge on any atom is 0.327 e. The Balaban J connectivity index is 1.49. The first-order valence-corrected chi connectivity index (χ1v) is 15.2. The molecule has 1 N–H and O–H groups in total. The third kappa shape index (κ3) is 6.45. The summed E-state index contributed by atoms with van der Waals surface area (Å²) < 4.78 is 35.9. The quantitative estimate of drug-likeness (QED) is 0.301. The van der Waals surface area contributed by atoms with E-state index in [2.05, 4.69) is 15.5 Å². The summed E-state index contributed by atoms with van der Waals surface area (Å²) in [5.41, 5.74) is 0.162. The number of aromatic nitrogens is 3. The van der Waals surface area contributed by atoms with Crippen LogP contribution in [0.3, 0.4) is 0 Å². The molecule has 220 valence electrons. The number of carbonyl (C=O) groups excluding carboxylic acids is 2. The zero-order valence-corrected chi connectivity index (χ0v) is 25.4. The summed E-state index contributed by atoms with van der Waals surface area (Å²) in [5.74, 6) is 0.338. The molecule has 42 heavy (non-hydrogen) atoms. The highest BCUT2D eigenvalue weighted by Gasteiger charge is 2.30. The molecule has 0 bridgehead atoms. The van der Waals surface area contributed by atoms with Gasteiger partial charge in [-0.1, -0.05) is 23.2 Å². The van der Waals surface area contributed by atoms with Crippen LogP contribution in [-0.4, -0.2) is 66.8 Å². The second-order valence-corrected chi connectivity index (χ2v) is 13.4. The maximum absolute atomic E-state index is 13.8. The first-order chi connectivity index (χ1) is 19.8. The van der Waals surface area contributed by atoms with Gasteiger partial charge in [-0.25, -0.2) is 8.42 Å². The lowest BCUT2D eigenvalue weighted by molar-refractivity contribution is -0.152. The molecule has 1 aliphatic heterocycles. The topological polar surface area (TPSA) is 127 Å². The van der Waals surface area contributed by atoms with Crippen LogP contribution in [0, 0.1) is 0 Å². The van der Waals surface area contributed by atoms with E-state index in [0.29, 0.717) is 30.1 Å². The molecule has 11 nitrogen and oxygen atoms in total. The summed E-state index contributed by atoms with van der Waals surface area (Å²) in [7, 11) is -4.28. The molecule has 5 rings (SSSR count). The van der Waals surface area contributed by atoms with Crippen molar-refractivity contribution < 1.29 is 22.7 Å². The standard InChI is InChI=1S/C28H28Cl2N6O5S/c1-28(2,3)41-27(38)17-36(42(39,40)22-14-19(29)13-20(30)15-22)21-4-5-23-18(12-21)8-10-35(23)25-7-6-24(32-33-25)34-11-9-31-26(37)16-34/h4-8,10,12-15H,9,11,16-17H2,1-3H3,(H,31,37). The number of amides is 1. The second kappa shape index (κ2) is 11.4. The minimum atomic E-state index is -4.28. The van der Waals surface area contributed by atoms with Crippen molar-refractivity contribution in [2.24, 2.45) is 0 Å². The normalized spacial score (nSPS) is 14.1. The highest BCUT2D eigenvalue weighted by molar-refractivity contribution is 7.92. The fourth-order valence-corrected chi connectivity index (χ4v) is 6.67. The molecule has 1 saturated heterocycles. The fraction of sp³-hybridized carbons (Fsp3) is 0.286. The average molecular weight is 632 g/mol. The van der Waals surface area contributed by atoms with Crippen LogP contribution in [0.4, 0.5) is 11.5 Å². The van der Waals surface area contributed by atoms with Crippen molar-refractivity contribution in [3.8, 4) is 5.82 Å². The third-order valence-corrected chi connectivity index (χ3v) is 8.51. The Morgan fingerprint density at radius 2 is 1.71 bits per heavy atom. The molecule has 1 amide bonds. The van der Waals surface area contributed by atoms with E-state index in [1.54, 1.807) is 63.4 Å². The molecule has 0 aliphatic carbocycles. The number of hydrogen-bond acceptors (Lipinski definition) is 8. The zero-order valence-electron chi connectivity index (χ0n) is 23.0. The molecule has 2 aromatic carbocycles. The molecule has 0 radical (unpaired) electrons. The van der Waals surface area contributed by atoms with Crippen LogP contribution < -0.4 is 14.5 Å². The van der Waals surface area contributed by atoms with Crippen molar-refractivity contribution in [2.45, 2.75) is 31.3 Å². The van der Waals surface area contributed by atoms with Crippen LogP contribution in [-0.2, 0) is 24.3 Å². The van der Waals surface area contributed by atoms with Crippen LogP contribution in [0.1, 0.15) is 20.8 Å². The lowest BCUT2D eigenvalue weighted by Crippen LogP contribution is -2.48. The second-order valence-electron chi connectivity index (χ2n) is 10.7. The van der Waals surface area contributed by atoms with Crippen LogP contribution in [0.2, 0.25) is 10.0 Å². The van der Waals surface area contributed by atoms with Crippen molar-refractivity contribution in [2.75, 3.05) is 35.4 Å². The van der Waals surface area contributed by atoms with E-state index in [9.17, 15) is 18.0 Å². The number of rotatable bonds is 7. The summed E-state index contributed by atoms with van der Waals surface area (Å²) in [6, 6.07) is 14.4. The summed E-state index contributed by atoms with van der Waals surface area (Å²) in [5, 5.41) is 12.4. The average Bonchev–Trinajstić information content (AvgIpc) is 3.33. The van der Waals surface area contributed by atoms with E-state index < -0.39 is 28.1 Å². The Hall–Kier alpha value is -3.87. The van der Waals surface area contributed by atoms with Crippen LogP contribution >= 0.6 is 23.2 Å². The predicted octanol–water partition coefficient (Wildman–Crippen LogP) is 4.20. The van der Waals surface area contributed by atoms with Crippen molar-refractivity contribution >= 4 is 67.5 Å².